The molecule has 14 heteroatoms. The van der Waals surface area contributed by atoms with E-state index in [1.807, 2.05) is 91.0 Å². The number of methoxy groups -OCH3 is 4. The molecule has 0 radical (unpaired) electrons. The van der Waals surface area contributed by atoms with E-state index < -0.39 is 5.97 Å². The maximum atomic E-state index is 13.0. The summed E-state index contributed by atoms with van der Waals surface area (Å²) in [6, 6.07) is 39.9. The van der Waals surface area contributed by atoms with E-state index in [1.165, 1.54) is 19.1 Å². The smallest absolute Gasteiger partial charge is 0.336 e. The Morgan fingerprint density at radius 3 is 1.08 bits per heavy atom. The van der Waals surface area contributed by atoms with Crippen molar-refractivity contribution in [2.24, 2.45) is 0 Å². The molecule has 0 aliphatic rings. The number of rotatable bonds is 22. The molecule has 6 aromatic rings. The number of ether oxygens (including phenoxy) is 8. The molecule has 0 unspecified atom stereocenters. The first-order chi connectivity index (χ1) is 34.7. The number of aryl methyl sites for hydroxylation is 2. The van der Waals surface area contributed by atoms with Crippen LogP contribution in [0.4, 0.5) is 0 Å². The molecule has 6 aromatic carbocycles. The lowest BCUT2D eigenvalue weighted by molar-refractivity contribution is -0.144. The first-order valence-electron chi connectivity index (χ1n) is 23.1. The number of benzene rings is 6. The summed E-state index contributed by atoms with van der Waals surface area (Å²) >= 11 is 0. The summed E-state index contributed by atoms with van der Waals surface area (Å²) in [7, 11) is 9.69. The van der Waals surface area contributed by atoms with E-state index in [2.05, 4.69) is 0 Å². The van der Waals surface area contributed by atoms with Gasteiger partial charge in [0.2, 0.25) is 0 Å². The van der Waals surface area contributed by atoms with E-state index in [4.69, 9.17) is 37.9 Å². The minimum absolute atomic E-state index is 0.123. The summed E-state index contributed by atoms with van der Waals surface area (Å²) in [5.74, 6) is 3.33. The van der Waals surface area contributed by atoms with Crippen LogP contribution in [0.3, 0.4) is 0 Å². The van der Waals surface area contributed by atoms with Crippen molar-refractivity contribution in [2.45, 2.75) is 39.5 Å². The fraction of sp³-hybridized carbons (Fsp3) is 0.241. The Morgan fingerprint density at radius 2 is 0.778 bits per heavy atom. The van der Waals surface area contributed by atoms with Crippen LogP contribution < -0.4 is 28.4 Å². The Hall–Kier alpha value is -8.52. The van der Waals surface area contributed by atoms with Crippen molar-refractivity contribution in [1.29, 1.82) is 0 Å². The van der Waals surface area contributed by atoms with Crippen molar-refractivity contribution >= 4 is 47.1 Å². The largest absolute Gasteiger partial charge is 0.497 e. The molecule has 6 rings (SSSR count). The zero-order chi connectivity index (χ0) is 52.0. The summed E-state index contributed by atoms with van der Waals surface area (Å²) in [5.41, 5.74) is 5.39. The number of likely N-dealkylation sites (N-methyl/N-ethyl adjacent to an activating group) is 1. The highest BCUT2D eigenvalue weighted by Crippen LogP contribution is 2.31. The standard InChI is InChI=1S/C30H33NO6.C28H28O7/c1-6-36-29(32)16-9-21-7-12-24(13-8-21)37-25-14-10-23(11-15-25)28(30(33)31(2)3)19-22-17-26(34-4)20-27(18-22)35-5;1-4-34-27(29)14-7-19-5-10-22(11-6-19)35-23-12-8-21(9-13-23)26(28(30)31)17-20-15-24(32-2)18-25(16-20)33-3/h7-8,10-15,17-20H,6,9,16H2,1-5H3;5-6,8-13,15-18H,4,7,14H2,1-3H3,(H,30,31)/b28-19+;26-17+. The molecule has 376 valence electrons. The van der Waals surface area contributed by atoms with Gasteiger partial charge in [0.25, 0.3) is 5.91 Å². The highest BCUT2D eigenvalue weighted by Gasteiger charge is 2.17. The Morgan fingerprint density at radius 1 is 0.458 bits per heavy atom. The van der Waals surface area contributed by atoms with Gasteiger partial charge in [-0.15, -0.1) is 0 Å². The van der Waals surface area contributed by atoms with Gasteiger partial charge in [0.1, 0.15) is 46.0 Å². The van der Waals surface area contributed by atoms with Gasteiger partial charge in [-0.05, 0) is 145 Å². The van der Waals surface area contributed by atoms with E-state index in [-0.39, 0.29) is 23.4 Å². The van der Waals surface area contributed by atoms with Crippen LogP contribution in [0.2, 0.25) is 0 Å². The van der Waals surface area contributed by atoms with Crippen molar-refractivity contribution in [3.05, 3.63) is 167 Å². The molecule has 0 spiro atoms. The van der Waals surface area contributed by atoms with Gasteiger partial charge in [-0.1, -0.05) is 48.5 Å². The normalized spacial score (nSPS) is 11.0. The van der Waals surface area contributed by atoms with Gasteiger partial charge in [-0.3, -0.25) is 14.4 Å². The first kappa shape index (κ1) is 54.4. The molecule has 0 saturated heterocycles. The highest BCUT2D eigenvalue weighted by molar-refractivity contribution is 6.24. The third kappa shape index (κ3) is 16.9. The number of amides is 1. The molecule has 0 aliphatic heterocycles. The third-order valence-corrected chi connectivity index (χ3v) is 10.7. The first-order valence-corrected chi connectivity index (χ1v) is 23.1. The molecule has 0 heterocycles. The van der Waals surface area contributed by atoms with Crippen LogP contribution in [0.25, 0.3) is 23.3 Å². The minimum Gasteiger partial charge on any atom is -0.497 e. The number of aliphatic carboxylic acids is 1. The van der Waals surface area contributed by atoms with E-state index in [0.717, 1.165) is 22.3 Å². The maximum absolute atomic E-state index is 13.0. The van der Waals surface area contributed by atoms with E-state index in [1.54, 1.807) is 96.8 Å². The van der Waals surface area contributed by atoms with Gasteiger partial charge in [0.15, 0.2) is 0 Å². The van der Waals surface area contributed by atoms with Crippen LogP contribution in [-0.4, -0.2) is 89.6 Å². The summed E-state index contributed by atoms with van der Waals surface area (Å²) in [5, 5.41) is 9.79. The second kappa shape index (κ2) is 27.6. The fourth-order valence-corrected chi connectivity index (χ4v) is 7.02. The lowest BCUT2D eigenvalue weighted by atomic mass is 10.0. The molecular weight excluding hydrogens is 919 g/mol. The predicted octanol–water partition coefficient (Wildman–Crippen LogP) is 11.2. The molecule has 72 heavy (non-hydrogen) atoms. The van der Waals surface area contributed by atoms with Crippen molar-refractivity contribution < 1.29 is 62.2 Å². The summed E-state index contributed by atoms with van der Waals surface area (Å²) in [6.07, 6.45) is 5.27. The SMILES string of the molecule is CCOC(=O)CCc1ccc(Oc2ccc(/C(=C\c3cc(OC)cc(OC)c3)C(=O)N(C)C)cc2)cc1.CCOC(=O)CCc1ccc(Oc2ccc(/C(=C\c3cc(OC)cc(OC)c3)C(=O)O)cc2)cc1. The number of nitrogens with zero attached hydrogens (tertiary/aromatic N) is 1. The second-order valence-corrected chi connectivity index (χ2v) is 16.1. The van der Waals surface area contributed by atoms with E-state index in [9.17, 15) is 24.3 Å². The molecule has 0 fully saturated rings. The summed E-state index contributed by atoms with van der Waals surface area (Å²) < 4.78 is 43.0. The Labute approximate surface area is 420 Å². The van der Waals surface area contributed by atoms with E-state index in [0.29, 0.717) is 102 Å². The zero-order valence-electron chi connectivity index (χ0n) is 41.9. The van der Waals surface area contributed by atoms with E-state index >= 15 is 0 Å². The maximum Gasteiger partial charge on any atom is 0.336 e. The Kier molecular flexibility index (Phi) is 20.9. The topological polar surface area (TPSA) is 166 Å². The molecule has 0 atom stereocenters. The molecule has 1 N–H and O–H groups in total. The number of esters is 2. The molecule has 14 nitrogen and oxygen atoms in total. The van der Waals surface area contributed by atoms with Crippen LogP contribution in [0.5, 0.6) is 46.0 Å². The lowest BCUT2D eigenvalue weighted by Crippen LogP contribution is -2.22. The van der Waals surface area contributed by atoms with Crippen LogP contribution in [-0.2, 0) is 41.5 Å². The fourth-order valence-electron chi connectivity index (χ4n) is 7.02. The van der Waals surface area contributed by atoms with Gasteiger partial charge in [-0.2, -0.15) is 0 Å². The minimum atomic E-state index is -1.06. The van der Waals surface area contributed by atoms with Crippen LogP contribution in [0.1, 0.15) is 60.1 Å². The van der Waals surface area contributed by atoms with Crippen molar-refractivity contribution in [3.8, 4) is 46.0 Å². The van der Waals surface area contributed by atoms with Crippen LogP contribution >= 0.6 is 0 Å². The Balaban J connectivity index is 0.000000268. The third-order valence-electron chi connectivity index (χ3n) is 10.7. The van der Waals surface area contributed by atoms with Gasteiger partial charge in [0, 0.05) is 44.6 Å². The Bertz CT molecular complexity index is 2750. The number of hydrogen-bond acceptors (Lipinski definition) is 12. The van der Waals surface area contributed by atoms with Crippen LogP contribution in [0, 0.1) is 0 Å². The molecule has 0 saturated carbocycles. The monoisotopic (exact) mass is 979 g/mol. The highest BCUT2D eigenvalue weighted by atomic mass is 16.5. The number of hydrogen-bond donors (Lipinski definition) is 1. The van der Waals surface area contributed by atoms with Gasteiger partial charge < -0.3 is 47.9 Å². The molecule has 0 aromatic heterocycles. The number of carbonyl (C=O) groups is 4. The van der Waals surface area contributed by atoms with Gasteiger partial charge in [-0.25, -0.2) is 4.79 Å². The molecule has 0 bridgehead atoms. The number of carboxylic acids is 1. The number of carboxylic acid groups (broad SMARTS) is 1. The number of carbonyl (C=O) groups excluding carboxylic acids is 3. The molecular formula is C58H61NO13. The quantitative estimate of drug-likeness (QED) is 0.0388. The summed E-state index contributed by atoms with van der Waals surface area (Å²) in [6.45, 7) is 4.35. The average Bonchev–Trinajstić information content (AvgIpc) is 3.39. The summed E-state index contributed by atoms with van der Waals surface area (Å²) in [4.78, 5) is 49.6. The molecule has 1 amide bonds. The zero-order valence-corrected chi connectivity index (χ0v) is 41.9. The van der Waals surface area contributed by atoms with Crippen molar-refractivity contribution in [1.82, 2.24) is 4.90 Å². The van der Waals surface area contributed by atoms with Crippen molar-refractivity contribution in [3.63, 3.8) is 0 Å². The van der Waals surface area contributed by atoms with Crippen LogP contribution in [0.15, 0.2) is 133 Å². The average molecular weight is 980 g/mol. The molecule has 0 aliphatic carbocycles. The van der Waals surface area contributed by atoms with Gasteiger partial charge >= 0.3 is 17.9 Å². The second-order valence-electron chi connectivity index (χ2n) is 16.1. The van der Waals surface area contributed by atoms with Gasteiger partial charge in [0.05, 0.1) is 47.2 Å². The van der Waals surface area contributed by atoms with Crippen molar-refractivity contribution in [2.75, 3.05) is 55.7 Å². The lowest BCUT2D eigenvalue weighted by Gasteiger charge is -2.15. The predicted molar refractivity (Wildman–Crippen MR) is 277 cm³/mol.